The van der Waals surface area contributed by atoms with Crippen LogP contribution in [0.1, 0.15) is 32.1 Å². The third kappa shape index (κ3) is 3.80. The zero-order valence-electron chi connectivity index (χ0n) is 17.1. The van der Waals surface area contributed by atoms with Crippen LogP contribution in [0.25, 0.3) is 5.69 Å². The average Bonchev–Trinajstić information content (AvgIpc) is 3.18. The van der Waals surface area contributed by atoms with Gasteiger partial charge in [-0.25, -0.2) is 0 Å². The smallest absolute Gasteiger partial charge is 0.263 e. The van der Waals surface area contributed by atoms with Crippen molar-refractivity contribution in [2.45, 2.75) is 18.7 Å². The van der Waals surface area contributed by atoms with Crippen molar-refractivity contribution < 1.29 is 14.3 Å². The van der Waals surface area contributed by atoms with Crippen LogP contribution < -0.4 is 0 Å². The molecule has 30 heavy (non-hydrogen) atoms. The van der Waals surface area contributed by atoms with Crippen molar-refractivity contribution in [2.24, 2.45) is 0 Å². The number of thioether (sulfide) groups is 1. The standard InChI is InChI=1S/C24H24N2O3S/c1-17-21-22(18(2)26(17)19-9-5-3-6-10-19)24(28)25(23(21)27)13-14-29-15-16-30-20-11-7-4-8-12-20/h3-12H,13-16H2,1-2H3. The Bertz CT molecular complexity index is 1020. The zero-order chi connectivity index (χ0) is 21.1. The quantitative estimate of drug-likeness (QED) is 0.306. The normalized spacial score (nSPS) is 13.2. The van der Waals surface area contributed by atoms with Gasteiger partial charge < -0.3 is 9.30 Å². The number of aromatic nitrogens is 1. The summed E-state index contributed by atoms with van der Waals surface area (Å²) >= 11 is 1.72. The van der Waals surface area contributed by atoms with Crippen LogP contribution in [0.3, 0.4) is 0 Å². The van der Waals surface area contributed by atoms with E-state index in [0.29, 0.717) is 24.3 Å². The molecule has 5 nitrogen and oxygen atoms in total. The molecule has 4 rings (SSSR count). The lowest BCUT2D eigenvalue weighted by Gasteiger charge is -2.17. The molecule has 2 heterocycles. The van der Waals surface area contributed by atoms with Gasteiger partial charge in [0.05, 0.1) is 30.9 Å². The number of carbonyl (C=O) groups is 2. The van der Waals surface area contributed by atoms with E-state index >= 15 is 0 Å². The number of carbonyl (C=O) groups excluding carboxylic acids is 2. The lowest BCUT2D eigenvalue weighted by molar-refractivity contribution is 0.0575. The Labute approximate surface area is 180 Å². The fourth-order valence-electron chi connectivity index (χ4n) is 3.88. The molecule has 0 saturated heterocycles. The van der Waals surface area contributed by atoms with Crippen LogP contribution in [0, 0.1) is 13.8 Å². The highest BCUT2D eigenvalue weighted by atomic mass is 32.2. The van der Waals surface area contributed by atoms with E-state index in [1.54, 1.807) is 11.8 Å². The summed E-state index contributed by atoms with van der Waals surface area (Å²) < 4.78 is 7.65. The van der Waals surface area contributed by atoms with Gasteiger partial charge in [-0.05, 0) is 38.1 Å². The van der Waals surface area contributed by atoms with Crippen LogP contribution in [-0.2, 0) is 4.74 Å². The maximum atomic E-state index is 13.0. The fourth-order valence-corrected chi connectivity index (χ4v) is 4.67. The number of rotatable bonds is 8. The third-order valence-corrected chi connectivity index (χ3v) is 6.25. The lowest BCUT2D eigenvalue weighted by atomic mass is 10.1. The number of benzene rings is 2. The van der Waals surface area contributed by atoms with Crippen LogP contribution in [0.5, 0.6) is 0 Å². The first-order valence-electron chi connectivity index (χ1n) is 9.98. The fraction of sp³-hybridized carbons (Fsp3) is 0.250. The molecular weight excluding hydrogens is 396 g/mol. The molecule has 154 valence electrons. The second kappa shape index (κ2) is 8.90. The van der Waals surface area contributed by atoms with Crippen molar-refractivity contribution in [3.8, 4) is 5.69 Å². The van der Waals surface area contributed by atoms with E-state index in [-0.39, 0.29) is 18.4 Å². The summed E-state index contributed by atoms with van der Waals surface area (Å²) in [6.07, 6.45) is 0. The molecule has 2 aromatic carbocycles. The number of imide groups is 1. The molecule has 6 heteroatoms. The van der Waals surface area contributed by atoms with Gasteiger partial charge in [0, 0.05) is 27.7 Å². The Balaban J connectivity index is 1.36. The number of amides is 2. The molecule has 0 bridgehead atoms. The van der Waals surface area contributed by atoms with Gasteiger partial charge in [-0.3, -0.25) is 14.5 Å². The molecule has 3 aromatic rings. The van der Waals surface area contributed by atoms with Crippen LogP contribution in [0.15, 0.2) is 65.6 Å². The van der Waals surface area contributed by atoms with E-state index in [1.807, 2.05) is 66.9 Å². The predicted molar refractivity (Wildman–Crippen MR) is 119 cm³/mol. The van der Waals surface area contributed by atoms with Crippen molar-refractivity contribution >= 4 is 23.6 Å². The summed E-state index contributed by atoms with van der Waals surface area (Å²) in [5.41, 5.74) is 3.58. The summed E-state index contributed by atoms with van der Waals surface area (Å²) in [7, 11) is 0. The molecule has 0 saturated carbocycles. The van der Waals surface area contributed by atoms with E-state index in [1.165, 1.54) is 9.80 Å². The maximum Gasteiger partial charge on any atom is 0.263 e. The molecule has 0 N–H and O–H groups in total. The minimum absolute atomic E-state index is 0.229. The molecule has 0 aliphatic carbocycles. The molecular formula is C24H24N2O3S. The van der Waals surface area contributed by atoms with Gasteiger partial charge in [-0.15, -0.1) is 11.8 Å². The SMILES string of the molecule is Cc1c2c(c(C)n1-c1ccccc1)C(=O)N(CCOCCSc1ccccc1)C2=O. The van der Waals surface area contributed by atoms with Crippen LogP contribution in [0.2, 0.25) is 0 Å². The summed E-state index contributed by atoms with van der Waals surface area (Å²) in [5.74, 6) is 0.368. The van der Waals surface area contributed by atoms with Gasteiger partial charge in [0.2, 0.25) is 0 Å². The maximum absolute atomic E-state index is 13.0. The Morgan fingerprint density at radius 3 is 1.97 bits per heavy atom. The highest BCUT2D eigenvalue weighted by Gasteiger charge is 2.41. The van der Waals surface area contributed by atoms with Crippen molar-refractivity contribution in [2.75, 3.05) is 25.5 Å². The first kappa shape index (κ1) is 20.4. The van der Waals surface area contributed by atoms with Crippen molar-refractivity contribution in [1.29, 1.82) is 0 Å². The Kier molecular flexibility index (Phi) is 6.06. The monoisotopic (exact) mass is 420 g/mol. The van der Waals surface area contributed by atoms with Gasteiger partial charge >= 0.3 is 0 Å². The minimum Gasteiger partial charge on any atom is -0.379 e. The zero-order valence-corrected chi connectivity index (χ0v) is 17.9. The molecule has 1 aliphatic heterocycles. The average molecular weight is 421 g/mol. The van der Waals surface area contributed by atoms with E-state index < -0.39 is 0 Å². The van der Waals surface area contributed by atoms with Gasteiger partial charge in [0.25, 0.3) is 11.8 Å². The van der Waals surface area contributed by atoms with Gasteiger partial charge in [0.15, 0.2) is 0 Å². The number of hydrogen-bond donors (Lipinski definition) is 0. The van der Waals surface area contributed by atoms with E-state index in [4.69, 9.17) is 4.74 Å². The molecule has 0 fully saturated rings. The second-order valence-corrected chi connectivity index (χ2v) is 8.30. The highest BCUT2D eigenvalue weighted by molar-refractivity contribution is 7.99. The molecule has 0 spiro atoms. The van der Waals surface area contributed by atoms with Crippen LogP contribution in [-0.4, -0.2) is 46.8 Å². The predicted octanol–water partition coefficient (Wildman–Crippen LogP) is 4.50. The second-order valence-electron chi connectivity index (χ2n) is 7.13. The summed E-state index contributed by atoms with van der Waals surface area (Å²) in [4.78, 5) is 28.4. The van der Waals surface area contributed by atoms with Crippen molar-refractivity contribution in [3.63, 3.8) is 0 Å². The largest absolute Gasteiger partial charge is 0.379 e. The number of ether oxygens (including phenoxy) is 1. The van der Waals surface area contributed by atoms with Crippen molar-refractivity contribution in [3.05, 3.63) is 83.2 Å². The Hall–Kier alpha value is -2.83. The summed E-state index contributed by atoms with van der Waals surface area (Å²) in [6, 6.07) is 19.9. The summed E-state index contributed by atoms with van der Waals surface area (Å²) in [6.45, 7) is 4.97. The Morgan fingerprint density at radius 1 is 0.800 bits per heavy atom. The van der Waals surface area contributed by atoms with E-state index in [2.05, 4.69) is 12.1 Å². The molecule has 2 amide bonds. The highest BCUT2D eigenvalue weighted by Crippen LogP contribution is 2.33. The van der Waals surface area contributed by atoms with Crippen molar-refractivity contribution in [1.82, 2.24) is 9.47 Å². The number of para-hydroxylation sites is 1. The molecule has 1 aliphatic rings. The van der Waals surface area contributed by atoms with Gasteiger partial charge in [0.1, 0.15) is 0 Å². The molecule has 0 atom stereocenters. The Morgan fingerprint density at radius 2 is 1.37 bits per heavy atom. The van der Waals surface area contributed by atoms with E-state index in [0.717, 1.165) is 22.8 Å². The number of nitrogens with zero attached hydrogens (tertiary/aromatic N) is 2. The number of fused-ring (bicyclic) bond motifs is 1. The third-order valence-electron chi connectivity index (χ3n) is 5.28. The lowest BCUT2D eigenvalue weighted by Crippen LogP contribution is -2.34. The first-order valence-corrected chi connectivity index (χ1v) is 11.0. The first-order chi connectivity index (χ1) is 14.6. The topological polar surface area (TPSA) is 51.5 Å². The minimum atomic E-state index is -0.229. The van der Waals surface area contributed by atoms with Crippen LogP contribution in [0.4, 0.5) is 0 Å². The van der Waals surface area contributed by atoms with E-state index in [9.17, 15) is 9.59 Å². The van der Waals surface area contributed by atoms with Gasteiger partial charge in [-0.2, -0.15) is 0 Å². The van der Waals surface area contributed by atoms with Gasteiger partial charge in [-0.1, -0.05) is 36.4 Å². The molecule has 0 unspecified atom stereocenters. The molecule has 0 radical (unpaired) electrons. The number of hydrogen-bond acceptors (Lipinski definition) is 4. The summed E-state index contributed by atoms with van der Waals surface area (Å²) in [5, 5.41) is 0. The molecule has 1 aromatic heterocycles. The van der Waals surface area contributed by atoms with Crippen LogP contribution >= 0.6 is 11.8 Å².